The summed E-state index contributed by atoms with van der Waals surface area (Å²) in [5.74, 6) is 0.0763. The third kappa shape index (κ3) is 4.64. The Kier molecular flexibility index (Phi) is 6.12. The molecular formula is C13H25N3O2. The molecule has 104 valence electrons. The van der Waals surface area contributed by atoms with Crippen LogP contribution in [-0.4, -0.2) is 42.4 Å². The van der Waals surface area contributed by atoms with Crippen molar-refractivity contribution in [3.63, 3.8) is 0 Å². The molecule has 0 radical (unpaired) electrons. The Morgan fingerprint density at radius 2 is 1.83 bits per heavy atom. The zero-order chi connectivity index (χ0) is 13.5. The highest BCUT2D eigenvalue weighted by Crippen LogP contribution is 2.09. The van der Waals surface area contributed by atoms with E-state index in [4.69, 9.17) is 5.73 Å². The number of nitrogens with zero attached hydrogens (tertiary/aromatic N) is 1. The first-order valence-electron chi connectivity index (χ1n) is 6.83. The van der Waals surface area contributed by atoms with E-state index in [-0.39, 0.29) is 17.7 Å². The van der Waals surface area contributed by atoms with Gasteiger partial charge in [-0.15, -0.1) is 0 Å². The van der Waals surface area contributed by atoms with E-state index in [1.165, 1.54) is 6.42 Å². The van der Waals surface area contributed by atoms with E-state index in [0.29, 0.717) is 13.0 Å². The molecule has 5 heteroatoms. The number of hydrogen-bond donors (Lipinski definition) is 2. The lowest BCUT2D eigenvalue weighted by atomic mass is 10.1. The lowest BCUT2D eigenvalue weighted by Crippen LogP contribution is -2.45. The minimum atomic E-state index is -0.491. The van der Waals surface area contributed by atoms with Crippen LogP contribution >= 0.6 is 0 Å². The fourth-order valence-electron chi connectivity index (χ4n) is 2.01. The smallest absolute Gasteiger partial charge is 0.237 e. The van der Waals surface area contributed by atoms with Crippen LogP contribution in [0.3, 0.4) is 0 Å². The van der Waals surface area contributed by atoms with Gasteiger partial charge in [0.05, 0.1) is 6.04 Å². The molecule has 1 saturated heterocycles. The fraction of sp³-hybridized carbons (Fsp3) is 0.846. The SMILES string of the molecule is CC(C)[C@@H](N)C(=O)NCCC(=O)N1CCCCC1. The highest BCUT2D eigenvalue weighted by molar-refractivity contribution is 5.82. The molecule has 0 saturated carbocycles. The summed E-state index contributed by atoms with van der Waals surface area (Å²) in [6.07, 6.45) is 3.77. The minimum Gasteiger partial charge on any atom is -0.354 e. The molecular weight excluding hydrogens is 230 g/mol. The van der Waals surface area contributed by atoms with Gasteiger partial charge >= 0.3 is 0 Å². The lowest BCUT2D eigenvalue weighted by Gasteiger charge is -2.26. The Bertz CT molecular complexity index is 286. The van der Waals surface area contributed by atoms with Crippen LogP contribution in [0.1, 0.15) is 39.5 Å². The monoisotopic (exact) mass is 255 g/mol. The van der Waals surface area contributed by atoms with Gasteiger partial charge in [-0.1, -0.05) is 13.8 Å². The molecule has 0 bridgehead atoms. The topological polar surface area (TPSA) is 75.4 Å². The van der Waals surface area contributed by atoms with E-state index in [1.54, 1.807) is 0 Å². The Balaban J connectivity index is 2.20. The van der Waals surface area contributed by atoms with E-state index in [9.17, 15) is 9.59 Å². The van der Waals surface area contributed by atoms with Gasteiger partial charge in [-0.25, -0.2) is 0 Å². The number of likely N-dealkylation sites (tertiary alicyclic amines) is 1. The van der Waals surface area contributed by atoms with Gasteiger partial charge in [0.25, 0.3) is 0 Å². The highest BCUT2D eigenvalue weighted by Gasteiger charge is 2.19. The van der Waals surface area contributed by atoms with Gasteiger partial charge < -0.3 is 16.0 Å². The predicted molar refractivity (Wildman–Crippen MR) is 70.9 cm³/mol. The van der Waals surface area contributed by atoms with E-state index >= 15 is 0 Å². The zero-order valence-electron chi connectivity index (χ0n) is 11.4. The molecule has 1 fully saturated rings. The third-order valence-corrected chi connectivity index (χ3v) is 3.37. The first kappa shape index (κ1) is 15.0. The van der Waals surface area contributed by atoms with Crippen LogP contribution < -0.4 is 11.1 Å². The maximum atomic E-state index is 11.8. The second-order valence-corrected chi connectivity index (χ2v) is 5.25. The minimum absolute atomic E-state index is 0.114. The Morgan fingerprint density at radius 3 is 2.39 bits per heavy atom. The molecule has 2 amide bonds. The number of rotatable bonds is 5. The van der Waals surface area contributed by atoms with Crippen LogP contribution in [-0.2, 0) is 9.59 Å². The molecule has 1 atom stereocenters. The maximum Gasteiger partial charge on any atom is 0.237 e. The van der Waals surface area contributed by atoms with Crippen LogP contribution in [0.4, 0.5) is 0 Å². The summed E-state index contributed by atoms with van der Waals surface area (Å²) in [4.78, 5) is 25.3. The van der Waals surface area contributed by atoms with Crippen molar-refractivity contribution in [2.45, 2.75) is 45.6 Å². The molecule has 1 heterocycles. The number of hydrogen-bond acceptors (Lipinski definition) is 3. The molecule has 1 aliphatic heterocycles. The summed E-state index contributed by atoms with van der Waals surface area (Å²) in [6.45, 7) is 5.91. The Labute approximate surface area is 109 Å². The average molecular weight is 255 g/mol. The molecule has 0 unspecified atom stereocenters. The van der Waals surface area contributed by atoms with Gasteiger partial charge in [0, 0.05) is 26.1 Å². The zero-order valence-corrected chi connectivity index (χ0v) is 11.4. The summed E-state index contributed by atoms with van der Waals surface area (Å²) in [5, 5.41) is 2.72. The van der Waals surface area contributed by atoms with Gasteiger partial charge in [-0.3, -0.25) is 9.59 Å². The molecule has 1 rings (SSSR count). The van der Waals surface area contributed by atoms with Crippen molar-refractivity contribution in [3.05, 3.63) is 0 Å². The molecule has 0 spiro atoms. The summed E-state index contributed by atoms with van der Waals surface area (Å²) in [5.41, 5.74) is 5.71. The molecule has 0 aromatic carbocycles. The summed E-state index contributed by atoms with van der Waals surface area (Å²) < 4.78 is 0. The normalized spacial score (nSPS) is 17.7. The lowest BCUT2D eigenvalue weighted by molar-refractivity contribution is -0.132. The van der Waals surface area contributed by atoms with Gasteiger partial charge in [0.1, 0.15) is 0 Å². The largest absolute Gasteiger partial charge is 0.354 e. The van der Waals surface area contributed by atoms with Gasteiger partial charge in [-0.05, 0) is 25.2 Å². The summed E-state index contributed by atoms with van der Waals surface area (Å²) >= 11 is 0. The Morgan fingerprint density at radius 1 is 1.22 bits per heavy atom. The van der Waals surface area contributed by atoms with E-state index in [2.05, 4.69) is 5.32 Å². The number of nitrogens with two attached hydrogens (primary N) is 1. The molecule has 3 N–H and O–H groups in total. The summed E-state index contributed by atoms with van der Waals surface area (Å²) in [6, 6.07) is -0.491. The second-order valence-electron chi connectivity index (χ2n) is 5.25. The first-order valence-corrected chi connectivity index (χ1v) is 6.83. The number of carbonyl (C=O) groups excluding carboxylic acids is 2. The van der Waals surface area contributed by atoms with Crippen molar-refractivity contribution in [1.82, 2.24) is 10.2 Å². The second kappa shape index (κ2) is 7.36. The fourth-order valence-corrected chi connectivity index (χ4v) is 2.01. The number of piperidine rings is 1. The molecule has 1 aliphatic rings. The first-order chi connectivity index (χ1) is 8.52. The standard InChI is InChI=1S/C13H25N3O2/c1-10(2)12(14)13(18)15-7-6-11(17)16-8-4-3-5-9-16/h10,12H,3-9,14H2,1-2H3,(H,15,18)/t12-/m1/s1. The number of carbonyl (C=O) groups is 2. The van der Waals surface area contributed by atoms with Crippen LogP contribution in [0.5, 0.6) is 0 Å². The average Bonchev–Trinajstić information content (AvgIpc) is 2.38. The molecule has 0 aromatic heterocycles. The van der Waals surface area contributed by atoms with Crippen LogP contribution in [0.15, 0.2) is 0 Å². The number of amides is 2. The van der Waals surface area contributed by atoms with Gasteiger partial charge in [-0.2, -0.15) is 0 Å². The maximum absolute atomic E-state index is 11.8. The van der Waals surface area contributed by atoms with Crippen LogP contribution in [0.2, 0.25) is 0 Å². The van der Waals surface area contributed by atoms with Crippen LogP contribution in [0, 0.1) is 5.92 Å². The summed E-state index contributed by atoms with van der Waals surface area (Å²) in [7, 11) is 0. The quantitative estimate of drug-likeness (QED) is 0.750. The van der Waals surface area contributed by atoms with Gasteiger partial charge in [0.15, 0.2) is 0 Å². The van der Waals surface area contributed by atoms with E-state index < -0.39 is 6.04 Å². The van der Waals surface area contributed by atoms with Crippen molar-refractivity contribution >= 4 is 11.8 Å². The predicted octanol–water partition coefficient (Wildman–Crippen LogP) is 0.489. The van der Waals surface area contributed by atoms with Crippen molar-refractivity contribution < 1.29 is 9.59 Å². The van der Waals surface area contributed by atoms with E-state index in [1.807, 2.05) is 18.7 Å². The third-order valence-electron chi connectivity index (χ3n) is 3.37. The Hall–Kier alpha value is -1.10. The molecule has 0 aliphatic carbocycles. The molecule has 5 nitrogen and oxygen atoms in total. The van der Waals surface area contributed by atoms with Gasteiger partial charge in [0.2, 0.25) is 11.8 Å². The number of nitrogens with one attached hydrogen (secondary N) is 1. The van der Waals surface area contributed by atoms with Crippen molar-refractivity contribution in [2.75, 3.05) is 19.6 Å². The molecule has 0 aromatic rings. The van der Waals surface area contributed by atoms with Crippen molar-refractivity contribution in [3.8, 4) is 0 Å². The molecule has 18 heavy (non-hydrogen) atoms. The van der Waals surface area contributed by atoms with Crippen molar-refractivity contribution in [2.24, 2.45) is 11.7 Å². The van der Waals surface area contributed by atoms with Crippen LogP contribution in [0.25, 0.3) is 0 Å². The van der Waals surface area contributed by atoms with Crippen molar-refractivity contribution in [1.29, 1.82) is 0 Å². The van der Waals surface area contributed by atoms with E-state index in [0.717, 1.165) is 25.9 Å². The highest BCUT2D eigenvalue weighted by atomic mass is 16.2.